The molecule has 4 rings (SSSR count). The maximum Gasteiger partial charge on any atom is 0.229 e. The molecule has 6 heteroatoms. The number of halogens is 1. The maximum atomic E-state index is 13.7. The number of nitrogens with one attached hydrogen (secondary N) is 1. The highest BCUT2D eigenvalue weighted by Gasteiger charge is 2.36. The van der Waals surface area contributed by atoms with E-state index >= 15 is 0 Å². The zero-order valence-electron chi connectivity index (χ0n) is 14.8. The molecule has 2 heterocycles. The van der Waals surface area contributed by atoms with Gasteiger partial charge in [0.1, 0.15) is 5.82 Å². The van der Waals surface area contributed by atoms with Crippen molar-refractivity contribution in [1.82, 2.24) is 9.88 Å². The molecule has 1 aromatic carbocycles. The molecular formula is C20H22FN3O2. The molecule has 0 spiro atoms. The SMILES string of the molecule is Cc1cc(NC2CCC(N3C(=O)CCC3=O)CC2)c2cc(F)ccc2n1. The van der Waals surface area contributed by atoms with E-state index in [2.05, 4.69) is 10.3 Å². The van der Waals surface area contributed by atoms with Crippen LogP contribution in [0.5, 0.6) is 0 Å². The van der Waals surface area contributed by atoms with Gasteiger partial charge in [-0.2, -0.15) is 0 Å². The summed E-state index contributed by atoms with van der Waals surface area (Å²) in [6.45, 7) is 1.93. The second kappa shape index (κ2) is 6.67. The van der Waals surface area contributed by atoms with Gasteiger partial charge in [-0.15, -0.1) is 0 Å². The predicted molar refractivity (Wildman–Crippen MR) is 97.2 cm³/mol. The Hall–Kier alpha value is -2.50. The zero-order chi connectivity index (χ0) is 18.3. The fraction of sp³-hybridized carbons (Fsp3) is 0.450. The van der Waals surface area contributed by atoms with Crippen molar-refractivity contribution in [1.29, 1.82) is 0 Å². The van der Waals surface area contributed by atoms with Crippen LogP contribution in [-0.2, 0) is 9.59 Å². The molecule has 0 bridgehead atoms. The average molecular weight is 355 g/mol. The first-order chi connectivity index (χ1) is 12.5. The Morgan fingerprint density at radius 2 is 1.77 bits per heavy atom. The Bertz CT molecular complexity index is 859. The number of aromatic nitrogens is 1. The number of imide groups is 1. The summed E-state index contributed by atoms with van der Waals surface area (Å²) in [5.41, 5.74) is 2.55. The number of aryl methyl sites for hydroxylation is 1. The number of carbonyl (C=O) groups excluding carboxylic acids is 2. The normalized spacial score (nSPS) is 23.7. The van der Waals surface area contributed by atoms with Gasteiger partial charge in [-0.25, -0.2) is 4.39 Å². The summed E-state index contributed by atoms with van der Waals surface area (Å²) < 4.78 is 13.7. The summed E-state index contributed by atoms with van der Waals surface area (Å²) in [6, 6.07) is 6.85. The van der Waals surface area contributed by atoms with E-state index in [-0.39, 0.29) is 29.7 Å². The summed E-state index contributed by atoms with van der Waals surface area (Å²) in [5, 5.41) is 4.31. The third-order valence-corrected chi connectivity index (χ3v) is 5.41. The van der Waals surface area contributed by atoms with Gasteiger partial charge in [0, 0.05) is 41.7 Å². The summed E-state index contributed by atoms with van der Waals surface area (Å²) >= 11 is 0. The fourth-order valence-corrected chi connectivity index (χ4v) is 4.15. The topological polar surface area (TPSA) is 62.3 Å². The van der Waals surface area contributed by atoms with Gasteiger partial charge in [0.2, 0.25) is 11.8 Å². The quantitative estimate of drug-likeness (QED) is 0.855. The second-order valence-corrected chi connectivity index (χ2v) is 7.28. The van der Waals surface area contributed by atoms with Crippen molar-refractivity contribution in [2.75, 3.05) is 5.32 Å². The number of pyridine rings is 1. The number of anilines is 1. The third-order valence-electron chi connectivity index (χ3n) is 5.41. The Morgan fingerprint density at radius 1 is 1.08 bits per heavy atom. The number of carbonyl (C=O) groups is 2. The molecular weight excluding hydrogens is 333 g/mol. The van der Waals surface area contributed by atoms with Crippen molar-refractivity contribution in [3.63, 3.8) is 0 Å². The Kier molecular flexibility index (Phi) is 4.34. The summed E-state index contributed by atoms with van der Waals surface area (Å²) in [6.07, 6.45) is 4.08. The minimum atomic E-state index is -0.277. The monoisotopic (exact) mass is 355 g/mol. The van der Waals surface area contributed by atoms with E-state index in [1.165, 1.54) is 17.0 Å². The number of nitrogens with zero attached hydrogens (tertiary/aromatic N) is 2. The van der Waals surface area contributed by atoms with E-state index in [1.807, 2.05) is 13.0 Å². The molecule has 1 aliphatic heterocycles. The van der Waals surface area contributed by atoms with Crippen LogP contribution in [0.3, 0.4) is 0 Å². The van der Waals surface area contributed by atoms with Crippen LogP contribution in [0.1, 0.15) is 44.2 Å². The lowest BCUT2D eigenvalue weighted by Crippen LogP contribution is -2.43. The van der Waals surface area contributed by atoms with Gasteiger partial charge in [-0.3, -0.25) is 19.5 Å². The first-order valence-electron chi connectivity index (χ1n) is 9.19. The first kappa shape index (κ1) is 16.9. The second-order valence-electron chi connectivity index (χ2n) is 7.28. The minimum Gasteiger partial charge on any atom is -0.382 e. The molecule has 0 radical (unpaired) electrons. The van der Waals surface area contributed by atoms with E-state index in [1.54, 1.807) is 6.07 Å². The average Bonchev–Trinajstić information content (AvgIpc) is 2.95. The Morgan fingerprint density at radius 3 is 2.46 bits per heavy atom. The highest BCUT2D eigenvalue weighted by atomic mass is 19.1. The van der Waals surface area contributed by atoms with Crippen molar-refractivity contribution in [3.05, 3.63) is 35.8 Å². The number of amides is 2. The molecule has 2 fully saturated rings. The van der Waals surface area contributed by atoms with Crippen molar-refractivity contribution in [2.24, 2.45) is 0 Å². The molecule has 0 unspecified atom stereocenters. The van der Waals surface area contributed by atoms with Crippen LogP contribution < -0.4 is 5.32 Å². The number of hydrogen-bond acceptors (Lipinski definition) is 4. The van der Waals surface area contributed by atoms with Gasteiger partial charge in [0.05, 0.1) is 5.52 Å². The molecule has 1 aromatic heterocycles. The first-order valence-corrected chi connectivity index (χ1v) is 9.19. The van der Waals surface area contributed by atoms with Gasteiger partial charge in [0.25, 0.3) is 0 Å². The van der Waals surface area contributed by atoms with Crippen LogP contribution in [0.25, 0.3) is 10.9 Å². The van der Waals surface area contributed by atoms with E-state index in [0.29, 0.717) is 12.8 Å². The number of rotatable bonds is 3. The highest BCUT2D eigenvalue weighted by Crippen LogP contribution is 2.31. The van der Waals surface area contributed by atoms with Gasteiger partial charge in [-0.1, -0.05) is 0 Å². The van der Waals surface area contributed by atoms with Crippen molar-refractivity contribution >= 4 is 28.4 Å². The summed E-state index contributed by atoms with van der Waals surface area (Å²) in [5.74, 6) is -0.337. The summed E-state index contributed by atoms with van der Waals surface area (Å²) in [4.78, 5) is 29.8. The van der Waals surface area contributed by atoms with Crippen LogP contribution in [0, 0.1) is 12.7 Å². The molecule has 1 saturated carbocycles. The van der Waals surface area contributed by atoms with Crippen LogP contribution in [-0.4, -0.2) is 33.8 Å². The minimum absolute atomic E-state index is 0.0300. The summed E-state index contributed by atoms with van der Waals surface area (Å²) in [7, 11) is 0. The molecule has 2 aromatic rings. The number of hydrogen-bond donors (Lipinski definition) is 1. The highest BCUT2D eigenvalue weighted by molar-refractivity contribution is 6.02. The lowest BCUT2D eigenvalue weighted by Gasteiger charge is -2.34. The lowest BCUT2D eigenvalue weighted by atomic mass is 9.90. The number of likely N-dealkylation sites (tertiary alicyclic amines) is 1. The van der Waals surface area contributed by atoms with Crippen molar-refractivity contribution in [2.45, 2.75) is 57.5 Å². The molecule has 1 saturated heterocycles. The third kappa shape index (κ3) is 3.16. The number of fused-ring (bicyclic) bond motifs is 1. The Balaban J connectivity index is 1.48. The van der Waals surface area contributed by atoms with Crippen LogP contribution in [0.4, 0.5) is 10.1 Å². The molecule has 1 aliphatic carbocycles. The zero-order valence-corrected chi connectivity index (χ0v) is 14.8. The van der Waals surface area contributed by atoms with Gasteiger partial charge in [-0.05, 0) is 56.9 Å². The van der Waals surface area contributed by atoms with E-state index in [9.17, 15) is 14.0 Å². The molecule has 5 nitrogen and oxygen atoms in total. The Labute approximate surface area is 151 Å². The van der Waals surface area contributed by atoms with Crippen LogP contribution in [0.15, 0.2) is 24.3 Å². The molecule has 26 heavy (non-hydrogen) atoms. The lowest BCUT2D eigenvalue weighted by molar-refractivity contribution is -0.141. The molecule has 2 aliphatic rings. The van der Waals surface area contributed by atoms with Gasteiger partial charge in [0.15, 0.2) is 0 Å². The largest absolute Gasteiger partial charge is 0.382 e. The molecule has 136 valence electrons. The van der Waals surface area contributed by atoms with E-state index in [4.69, 9.17) is 0 Å². The van der Waals surface area contributed by atoms with Crippen molar-refractivity contribution in [3.8, 4) is 0 Å². The number of benzene rings is 1. The van der Waals surface area contributed by atoms with E-state index in [0.717, 1.165) is 48.0 Å². The molecule has 2 amide bonds. The molecule has 0 atom stereocenters. The van der Waals surface area contributed by atoms with Crippen LogP contribution in [0.2, 0.25) is 0 Å². The standard InChI is InChI=1S/C20H22FN3O2/c1-12-10-18(16-11-13(21)2-7-17(16)22-12)23-14-3-5-15(6-4-14)24-19(25)8-9-20(24)26/h2,7,10-11,14-15H,3-6,8-9H2,1H3,(H,22,23). The van der Waals surface area contributed by atoms with Crippen molar-refractivity contribution < 1.29 is 14.0 Å². The predicted octanol–water partition coefficient (Wildman–Crippen LogP) is 3.55. The van der Waals surface area contributed by atoms with E-state index < -0.39 is 0 Å². The van der Waals surface area contributed by atoms with Crippen LogP contribution >= 0.6 is 0 Å². The molecule has 1 N–H and O–H groups in total. The smallest absolute Gasteiger partial charge is 0.229 e. The van der Waals surface area contributed by atoms with Gasteiger partial charge < -0.3 is 5.32 Å². The fourth-order valence-electron chi connectivity index (χ4n) is 4.15. The van der Waals surface area contributed by atoms with Gasteiger partial charge >= 0.3 is 0 Å². The maximum absolute atomic E-state index is 13.7.